The summed E-state index contributed by atoms with van der Waals surface area (Å²) in [6.07, 6.45) is 20.3. The van der Waals surface area contributed by atoms with Crippen LogP contribution in [0.25, 0.3) is 0 Å². The first-order valence-electron chi connectivity index (χ1n) is 10.0. The molecule has 1 aliphatic rings. The molecule has 0 aromatic heterocycles. The summed E-state index contributed by atoms with van der Waals surface area (Å²) in [7, 11) is 0. The molecule has 0 aromatic carbocycles. The first kappa shape index (κ1) is 22.7. The van der Waals surface area contributed by atoms with Crippen LogP contribution in [0.15, 0.2) is 37.0 Å². The van der Waals surface area contributed by atoms with Crippen molar-refractivity contribution in [2.75, 3.05) is 0 Å². The molecule has 0 spiro atoms. The second kappa shape index (κ2) is 12.1. The van der Waals surface area contributed by atoms with Gasteiger partial charge in [0.1, 0.15) is 0 Å². The molecule has 0 heterocycles. The van der Waals surface area contributed by atoms with Crippen LogP contribution in [-0.2, 0) is 4.79 Å². The highest BCUT2D eigenvalue weighted by Crippen LogP contribution is 2.35. The van der Waals surface area contributed by atoms with Crippen LogP contribution in [0.3, 0.4) is 0 Å². The molecule has 1 saturated carbocycles. The number of allylic oxidation sites excluding steroid dienone is 5. The standard InChI is InChI=1S/C22H36O4/c1-3-5-11-18(4-2)12-9-14-20-16-10-15-19(20)13-7-6-8-17-22(25,26)21(23)24/h4,6-7,9,14,18-20,25-26H,2-3,5,8,10-13,15-17H2,1H3,(H,23,24)/t18-,19+,20+/m1/s1. The lowest BCUT2D eigenvalue weighted by Crippen LogP contribution is -2.37. The molecule has 3 atom stereocenters. The molecule has 1 rings (SSSR count). The maximum absolute atomic E-state index is 10.6. The highest BCUT2D eigenvalue weighted by Gasteiger charge is 2.31. The number of rotatable bonds is 13. The Morgan fingerprint density at radius 2 is 2.04 bits per heavy atom. The van der Waals surface area contributed by atoms with Crippen LogP contribution in [0.1, 0.15) is 71.1 Å². The van der Waals surface area contributed by atoms with E-state index in [1.165, 1.54) is 38.5 Å². The molecule has 0 radical (unpaired) electrons. The van der Waals surface area contributed by atoms with Crippen LogP contribution >= 0.6 is 0 Å². The van der Waals surface area contributed by atoms with Gasteiger partial charge in [0.05, 0.1) is 0 Å². The molecule has 0 aromatic rings. The second-order valence-electron chi connectivity index (χ2n) is 7.52. The Balaban J connectivity index is 2.36. The van der Waals surface area contributed by atoms with Gasteiger partial charge in [0.25, 0.3) is 5.79 Å². The van der Waals surface area contributed by atoms with E-state index in [9.17, 15) is 15.0 Å². The van der Waals surface area contributed by atoms with E-state index in [4.69, 9.17) is 5.11 Å². The summed E-state index contributed by atoms with van der Waals surface area (Å²) in [4.78, 5) is 10.6. The van der Waals surface area contributed by atoms with Crippen molar-refractivity contribution in [3.63, 3.8) is 0 Å². The summed E-state index contributed by atoms with van der Waals surface area (Å²) in [6, 6.07) is 0. The van der Waals surface area contributed by atoms with Crippen LogP contribution in [-0.4, -0.2) is 27.1 Å². The predicted octanol–water partition coefficient (Wildman–Crippen LogP) is 4.83. The quantitative estimate of drug-likeness (QED) is 0.323. The predicted molar refractivity (Wildman–Crippen MR) is 106 cm³/mol. The third-order valence-electron chi connectivity index (χ3n) is 5.41. The van der Waals surface area contributed by atoms with Gasteiger partial charge in [-0.15, -0.1) is 6.58 Å². The number of unbranched alkanes of at least 4 members (excludes halogenated alkanes) is 1. The lowest BCUT2D eigenvalue weighted by Gasteiger charge is -2.16. The molecule has 0 unspecified atom stereocenters. The average Bonchev–Trinajstić information content (AvgIpc) is 3.04. The zero-order valence-electron chi connectivity index (χ0n) is 16.1. The van der Waals surface area contributed by atoms with E-state index in [0.717, 1.165) is 12.8 Å². The molecule has 1 aliphatic carbocycles. The molecule has 3 N–H and O–H groups in total. The van der Waals surface area contributed by atoms with Gasteiger partial charge in [-0.2, -0.15) is 0 Å². The molecule has 4 heteroatoms. The number of carboxylic acids is 1. The van der Waals surface area contributed by atoms with Crippen molar-refractivity contribution in [3.8, 4) is 0 Å². The zero-order chi connectivity index (χ0) is 19.4. The minimum absolute atomic E-state index is 0.187. The summed E-state index contributed by atoms with van der Waals surface area (Å²) in [5.41, 5.74) is 0. The fraction of sp³-hybridized carbons (Fsp3) is 0.682. The minimum atomic E-state index is -2.62. The van der Waals surface area contributed by atoms with E-state index in [1.807, 2.05) is 6.08 Å². The lowest BCUT2D eigenvalue weighted by molar-refractivity contribution is -0.205. The number of hydrogen-bond donors (Lipinski definition) is 3. The number of hydrogen-bond acceptors (Lipinski definition) is 3. The Morgan fingerprint density at radius 1 is 1.27 bits per heavy atom. The Labute approximate surface area is 158 Å². The zero-order valence-corrected chi connectivity index (χ0v) is 16.1. The monoisotopic (exact) mass is 364 g/mol. The van der Waals surface area contributed by atoms with Gasteiger partial charge >= 0.3 is 5.97 Å². The maximum Gasteiger partial charge on any atom is 0.364 e. The molecular formula is C22H36O4. The van der Waals surface area contributed by atoms with Gasteiger partial charge in [-0.25, -0.2) is 4.79 Å². The molecule has 0 saturated heterocycles. The summed E-state index contributed by atoms with van der Waals surface area (Å²) in [5.74, 6) is -2.39. The van der Waals surface area contributed by atoms with Crippen molar-refractivity contribution >= 4 is 5.97 Å². The van der Waals surface area contributed by atoms with Gasteiger partial charge in [0.15, 0.2) is 0 Å². The Kier molecular flexibility index (Phi) is 10.5. The van der Waals surface area contributed by atoms with Crippen LogP contribution in [0, 0.1) is 17.8 Å². The van der Waals surface area contributed by atoms with E-state index >= 15 is 0 Å². The highest BCUT2D eigenvalue weighted by atomic mass is 16.5. The van der Waals surface area contributed by atoms with E-state index in [2.05, 4.69) is 37.8 Å². The van der Waals surface area contributed by atoms with E-state index in [1.54, 1.807) is 0 Å². The second-order valence-corrected chi connectivity index (χ2v) is 7.52. The SMILES string of the molecule is C=C[C@@H](CC=C[C@H]1CCC[C@@H]1CC=CCCC(O)(O)C(=O)O)CCCC. The number of aliphatic hydroxyl groups is 2. The van der Waals surface area contributed by atoms with Crippen molar-refractivity contribution in [1.82, 2.24) is 0 Å². The van der Waals surface area contributed by atoms with Gasteiger partial charge < -0.3 is 15.3 Å². The molecule has 26 heavy (non-hydrogen) atoms. The van der Waals surface area contributed by atoms with E-state index < -0.39 is 11.8 Å². The number of carbonyl (C=O) groups is 1. The van der Waals surface area contributed by atoms with Crippen LogP contribution in [0.4, 0.5) is 0 Å². The summed E-state index contributed by atoms with van der Waals surface area (Å²) >= 11 is 0. The lowest BCUT2D eigenvalue weighted by atomic mass is 9.91. The summed E-state index contributed by atoms with van der Waals surface area (Å²) in [6.45, 7) is 6.17. The molecule has 4 nitrogen and oxygen atoms in total. The van der Waals surface area contributed by atoms with Crippen molar-refractivity contribution in [2.45, 2.75) is 76.9 Å². The summed E-state index contributed by atoms with van der Waals surface area (Å²) in [5, 5.41) is 27.2. The van der Waals surface area contributed by atoms with Crippen LogP contribution in [0.5, 0.6) is 0 Å². The molecular weight excluding hydrogens is 328 g/mol. The highest BCUT2D eigenvalue weighted by molar-refractivity contribution is 5.74. The van der Waals surface area contributed by atoms with E-state index in [-0.39, 0.29) is 6.42 Å². The fourth-order valence-electron chi connectivity index (χ4n) is 3.62. The Hall–Kier alpha value is -1.39. The van der Waals surface area contributed by atoms with Gasteiger partial charge in [-0.1, -0.05) is 56.6 Å². The van der Waals surface area contributed by atoms with Crippen LogP contribution in [0.2, 0.25) is 0 Å². The average molecular weight is 365 g/mol. The first-order valence-corrected chi connectivity index (χ1v) is 10.0. The van der Waals surface area contributed by atoms with Crippen molar-refractivity contribution < 1.29 is 20.1 Å². The third-order valence-corrected chi connectivity index (χ3v) is 5.41. The van der Waals surface area contributed by atoms with Gasteiger partial charge in [0.2, 0.25) is 0 Å². The van der Waals surface area contributed by atoms with Crippen molar-refractivity contribution in [3.05, 3.63) is 37.0 Å². The summed E-state index contributed by atoms with van der Waals surface area (Å²) < 4.78 is 0. The van der Waals surface area contributed by atoms with Crippen molar-refractivity contribution in [1.29, 1.82) is 0 Å². The molecule has 148 valence electrons. The number of carboxylic acid groups (broad SMARTS) is 1. The smallest absolute Gasteiger partial charge is 0.364 e. The molecule has 0 amide bonds. The minimum Gasteiger partial charge on any atom is -0.477 e. The van der Waals surface area contributed by atoms with Gasteiger partial charge in [0, 0.05) is 6.42 Å². The van der Waals surface area contributed by atoms with Gasteiger partial charge in [-0.05, 0) is 56.3 Å². The number of aliphatic carboxylic acids is 1. The Morgan fingerprint density at radius 3 is 2.69 bits per heavy atom. The van der Waals surface area contributed by atoms with Crippen LogP contribution < -0.4 is 0 Å². The molecule has 0 bridgehead atoms. The molecule has 1 fully saturated rings. The maximum atomic E-state index is 10.6. The first-order chi connectivity index (χ1) is 12.4. The molecule has 0 aliphatic heterocycles. The fourth-order valence-corrected chi connectivity index (χ4v) is 3.62. The topological polar surface area (TPSA) is 77.8 Å². The van der Waals surface area contributed by atoms with Gasteiger partial charge in [-0.3, -0.25) is 0 Å². The van der Waals surface area contributed by atoms with Crippen molar-refractivity contribution in [2.24, 2.45) is 17.8 Å². The van der Waals surface area contributed by atoms with E-state index in [0.29, 0.717) is 24.2 Å². The Bertz CT molecular complexity index is 479. The largest absolute Gasteiger partial charge is 0.477 e. The normalized spacial score (nSPS) is 22.3. The third kappa shape index (κ3) is 8.33.